The summed E-state index contributed by atoms with van der Waals surface area (Å²) in [5.74, 6) is 1.41. The Labute approximate surface area is 70.1 Å². The zero-order valence-corrected chi connectivity index (χ0v) is 8.22. The van der Waals surface area contributed by atoms with E-state index in [1.807, 2.05) is 0 Å². The average molecular weight is 295 g/mol. The normalized spacial score (nSPS) is 47.0. The van der Waals surface area contributed by atoms with Crippen LogP contribution in [0, 0.1) is 18.3 Å². The third kappa shape index (κ3) is 1.23. The van der Waals surface area contributed by atoms with Gasteiger partial charge in [0.05, 0.1) is 0 Å². The fourth-order valence-corrected chi connectivity index (χ4v) is 1.97. The van der Waals surface area contributed by atoms with Crippen LogP contribution in [-0.4, -0.2) is 11.2 Å². The maximum absolute atomic E-state index is 9.19. The van der Waals surface area contributed by atoms with Crippen LogP contribution in [0.25, 0.3) is 0 Å². The summed E-state index contributed by atoms with van der Waals surface area (Å²) in [7, 11) is 0. The maximum Gasteiger partial charge on any atom is 0.0300 e. The predicted molar refractivity (Wildman–Crippen MR) is 31.1 cm³/mol. The van der Waals surface area contributed by atoms with Gasteiger partial charge in [0.1, 0.15) is 0 Å². The molecule has 3 unspecified atom stereocenters. The molecule has 9 heavy (non-hydrogen) atoms. The molecule has 0 radical (unpaired) electrons. The number of hydrogen-bond donors (Lipinski definition) is 1. The van der Waals surface area contributed by atoms with Crippen molar-refractivity contribution in [3.05, 3.63) is 6.42 Å². The molecule has 0 aromatic heterocycles. The fourth-order valence-electron chi connectivity index (χ4n) is 1.97. The summed E-state index contributed by atoms with van der Waals surface area (Å²) in [5.41, 5.74) is 0. The Morgan fingerprint density at radius 2 is 2.11 bits per heavy atom. The SMILES string of the molecule is OC1CC2C[CH-]C1C2.[W]. The molecule has 0 heterocycles. The van der Waals surface area contributed by atoms with Crippen molar-refractivity contribution in [2.24, 2.45) is 11.8 Å². The molecular weight excluding hydrogens is 284 g/mol. The van der Waals surface area contributed by atoms with Crippen molar-refractivity contribution in [1.82, 2.24) is 0 Å². The van der Waals surface area contributed by atoms with E-state index in [1.54, 1.807) is 0 Å². The second-order valence-electron chi connectivity index (χ2n) is 3.04. The van der Waals surface area contributed by atoms with E-state index in [1.165, 1.54) is 12.8 Å². The molecule has 0 amide bonds. The number of fused-ring (bicyclic) bond motifs is 2. The van der Waals surface area contributed by atoms with Crippen molar-refractivity contribution >= 4 is 0 Å². The largest absolute Gasteiger partial charge is 0.396 e. The van der Waals surface area contributed by atoms with Crippen molar-refractivity contribution in [2.75, 3.05) is 0 Å². The summed E-state index contributed by atoms with van der Waals surface area (Å²) in [5, 5.41) is 9.19. The van der Waals surface area contributed by atoms with Crippen LogP contribution in [0.5, 0.6) is 0 Å². The first-order valence-electron chi connectivity index (χ1n) is 3.37. The average Bonchev–Trinajstić information content (AvgIpc) is 2.23. The molecule has 0 aliphatic heterocycles. The predicted octanol–water partition coefficient (Wildman–Crippen LogP) is 0.979. The monoisotopic (exact) mass is 295 g/mol. The van der Waals surface area contributed by atoms with E-state index in [9.17, 15) is 5.11 Å². The maximum atomic E-state index is 9.19. The van der Waals surface area contributed by atoms with Gasteiger partial charge in [-0.15, -0.1) is 5.92 Å². The van der Waals surface area contributed by atoms with Gasteiger partial charge in [-0.3, -0.25) is 0 Å². The van der Waals surface area contributed by atoms with E-state index in [-0.39, 0.29) is 27.2 Å². The Balaban J connectivity index is 0.000000405. The van der Waals surface area contributed by atoms with E-state index in [4.69, 9.17) is 0 Å². The molecule has 2 aliphatic carbocycles. The van der Waals surface area contributed by atoms with Gasteiger partial charge in [-0.1, -0.05) is 12.3 Å². The van der Waals surface area contributed by atoms with Crippen molar-refractivity contribution in [3.63, 3.8) is 0 Å². The smallest absolute Gasteiger partial charge is 0.0300 e. The number of aliphatic hydroxyl groups is 1. The molecule has 0 saturated heterocycles. The van der Waals surface area contributed by atoms with Gasteiger partial charge in [0.25, 0.3) is 0 Å². The van der Waals surface area contributed by atoms with Gasteiger partial charge in [0.2, 0.25) is 0 Å². The second kappa shape index (κ2) is 2.72. The van der Waals surface area contributed by atoms with Crippen molar-refractivity contribution in [1.29, 1.82) is 0 Å². The molecule has 1 N–H and O–H groups in total. The summed E-state index contributed by atoms with van der Waals surface area (Å²) in [6.07, 6.45) is 5.90. The number of rotatable bonds is 0. The van der Waals surface area contributed by atoms with E-state index in [0.29, 0.717) is 5.92 Å². The zero-order valence-electron chi connectivity index (χ0n) is 5.29. The van der Waals surface area contributed by atoms with E-state index < -0.39 is 0 Å². The van der Waals surface area contributed by atoms with Crippen LogP contribution >= 0.6 is 0 Å². The molecule has 2 aliphatic rings. The third-order valence-electron chi connectivity index (χ3n) is 2.45. The Kier molecular flexibility index (Phi) is 2.34. The first kappa shape index (κ1) is 7.75. The minimum Gasteiger partial charge on any atom is -0.396 e. The first-order chi connectivity index (χ1) is 3.86. The molecule has 2 fully saturated rings. The van der Waals surface area contributed by atoms with Gasteiger partial charge in [-0.05, 0) is 6.42 Å². The van der Waals surface area contributed by atoms with Gasteiger partial charge in [-0.2, -0.15) is 6.42 Å². The third-order valence-corrected chi connectivity index (χ3v) is 2.45. The van der Waals surface area contributed by atoms with Crippen molar-refractivity contribution < 1.29 is 26.2 Å². The van der Waals surface area contributed by atoms with E-state index >= 15 is 0 Å². The summed E-state index contributed by atoms with van der Waals surface area (Å²) >= 11 is 0. The standard InChI is InChI=1S/C7H11O.W/c8-7-4-5-1-2-6(7)3-5;/h2,5-8H,1,3-4H2;/q-1;. The Hall–Kier alpha value is 0.648. The van der Waals surface area contributed by atoms with Gasteiger partial charge >= 0.3 is 0 Å². The molecule has 52 valence electrons. The Morgan fingerprint density at radius 3 is 2.33 bits per heavy atom. The fraction of sp³-hybridized carbons (Fsp3) is 0.857. The molecule has 2 saturated carbocycles. The Bertz CT molecular complexity index is 103. The molecular formula is C7H11OW-. The zero-order chi connectivity index (χ0) is 5.56. The number of hydrogen-bond acceptors (Lipinski definition) is 1. The first-order valence-corrected chi connectivity index (χ1v) is 3.37. The summed E-state index contributed by atoms with van der Waals surface area (Å²) < 4.78 is 0. The van der Waals surface area contributed by atoms with Crippen LogP contribution in [0.3, 0.4) is 0 Å². The summed E-state index contributed by atoms with van der Waals surface area (Å²) in [4.78, 5) is 0. The van der Waals surface area contributed by atoms with Gasteiger partial charge in [0.15, 0.2) is 0 Å². The van der Waals surface area contributed by atoms with Crippen molar-refractivity contribution in [2.45, 2.75) is 25.4 Å². The molecule has 0 spiro atoms. The molecule has 0 aromatic carbocycles. The van der Waals surface area contributed by atoms with Crippen LogP contribution in [0.4, 0.5) is 0 Å². The molecule has 3 atom stereocenters. The Morgan fingerprint density at radius 1 is 1.33 bits per heavy atom. The van der Waals surface area contributed by atoms with E-state index in [0.717, 1.165) is 12.3 Å². The van der Waals surface area contributed by atoms with Crippen LogP contribution in [0.1, 0.15) is 19.3 Å². The summed E-state index contributed by atoms with van der Waals surface area (Å²) in [6.45, 7) is 0. The van der Waals surface area contributed by atoms with Gasteiger partial charge < -0.3 is 11.5 Å². The summed E-state index contributed by atoms with van der Waals surface area (Å²) in [6, 6.07) is 0. The van der Waals surface area contributed by atoms with Crippen LogP contribution in [0.15, 0.2) is 0 Å². The van der Waals surface area contributed by atoms with E-state index in [2.05, 4.69) is 6.42 Å². The minimum absolute atomic E-state index is 0. The molecule has 1 nitrogen and oxygen atoms in total. The minimum atomic E-state index is 0. The quantitative estimate of drug-likeness (QED) is 0.661. The number of aliphatic hydroxyl groups excluding tert-OH is 1. The molecule has 2 heteroatoms. The van der Waals surface area contributed by atoms with Gasteiger partial charge in [0, 0.05) is 27.2 Å². The topological polar surface area (TPSA) is 20.2 Å². The molecule has 2 rings (SSSR count). The molecule has 2 bridgehead atoms. The second-order valence-corrected chi connectivity index (χ2v) is 3.04. The van der Waals surface area contributed by atoms with Crippen molar-refractivity contribution in [3.8, 4) is 0 Å². The van der Waals surface area contributed by atoms with Crippen LogP contribution in [-0.2, 0) is 21.1 Å². The van der Waals surface area contributed by atoms with Crippen LogP contribution in [0.2, 0.25) is 0 Å². The van der Waals surface area contributed by atoms with Gasteiger partial charge in [-0.25, -0.2) is 0 Å². The van der Waals surface area contributed by atoms with Crippen LogP contribution < -0.4 is 0 Å². The molecule has 0 aromatic rings.